The number of ether oxygens (including phenoxy) is 1. The molecule has 16 heavy (non-hydrogen) atoms. The van der Waals surface area contributed by atoms with E-state index in [-0.39, 0.29) is 17.2 Å². The molecule has 0 aromatic rings. The van der Waals surface area contributed by atoms with Crippen LogP contribution in [-0.2, 0) is 9.53 Å². The summed E-state index contributed by atoms with van der Waals surface area (Å²) in [6.45, 7) is 8.23. The molecular weight excluding hydrogens is 202 g/mol. The van der Waals surface area contributed by atoms with Crippen molar-refractivity contribution >= 4 is 5.91 Å². The van der Waals surface area contributed by atoms with Gasteiger partial charge in [0.2, 0.25) is 5.91 Å². The van der Waals surface area contributed by atoms with Gasteiger partial charge in [-0.05, 0) is 19.8 Å². The first-order chi connectivity index (χ1) is 7.78. The molecule has 0 aromatic heterocycles. The molecule has 1 saturated heterocycles. The highest BCUT2D eigenvalue weighted by atomic mass is 16.5. The van der Waals surface area contributed by atoms with Crippen molar-refractivity contribution in [1.82, 2.24) is 5.32 Å². The van der Waals surface area contributed by atoms with E-state index in [2.05, 4.69) is 5.32 Å². The minimum atomic E-state index is 0.202. The lowest BCUT2D eigenvalue weighted by Crippen LogP contribution is -2.27. The average Bonchev–Trinajstić information content (AvgIpc) is 2.80. The fraction of sp³-hybridized carbons (Fsp3) is 0.769. The molecule has 2 unspecified atom stereocenters. The zero-order chi connectivity index (χ0) is 12.0. The Balaban J connectivity index is 0.000000606. The predicted octanol–water partition coefficient (Wildman–Crippen LogP) is 2.13. The number of hydrogen-bond acceptors (Lipinski definition) is 2. The number of carbonyl (C=O) groups is 1. The summed E-state index contributed by atoms with van der Waals surface area (Å²) >= 11 is 0. The van der Waals surface area contributed by atoms with Crippen molar-refractivity contribution in [1.29, 1.82) is 0 Å². The Bertz CT molecular complexity index is 255. The van der Waals surface area contributed by atoms with E-state index in [1.807, 2.05) is 32.9 Å². The van der Waals surface area contributed by atoms with Crippen LogP contribution in [0.15, 0.2) is 12.2 Å². The summed E-state index contributed by atoms with van der Waals surface area (Å²) in [5, 5.41) is 2.92. The van der Waals surface area contributed by atoms with E-state index in [0.29, 0.717) is 6.54 Å². The van der Waals surface area contributed by atoms with Crippen molar-refractivity contribution in [3.05, 3.63) is 12.2 Å². The second-order valence-electron chi connectivity index (χ2n) is 4.24. The molecule has 0 aromatic carbocycles. The van der Waals surface area contributed by atoms with Crippen LogP contribution in [0.3, 0.4) is 0 Å². The molecule has 1 spiro atoms. The Morgan fingerprint density at radius 2 is 2.31 bits per heavy atom. The molecule has 2 rings (SSSR count). The Labute approximate surface area is 98.2 Å². The monoisotopic (exact) mass is 225 g/mol. The maximum Gasteiger partial charge on any atom is 0.224 e. The van der Waals surface area contributed by atoms with Crippen LogP contribution in [0.2, 0.25) is 0 Å². The minimum absolute atomic E-state index is 0.202. The molecule has 1 amide bonds. The smallest absolute Gasteiger partial charge is 0.224 e. The third kappa shape index (κ3) is 2.85. The highest BCUT2D eigenvalue weighted by Gasteiger charge is 2.59. The second-order valence-corrected chi connectivity index (χ2v) is 4.24. The van der Waals surface area contributed by atoms with Crippen molar-refractivity contribution in [2.45, 2.75) is 33.6 Å². The Morgan fingerprint density at radius 3 is 2.88 bits per heavy atom. The Morgan fingerprint density at radius 1 is 1.56 bits per heavy atom. The summed E-state index contributed by atoms with van der Waals surface area (Å²) in [5.41, 5.74) is 0.222. The Hall–Kier alpha value is -0.830. The lowest BCUT2D eigenvalue weighted by atomic mass is 10.0. The highest BCUT2D eigenvalue weighted by Crippen LogP contribution is 2.57. The van der Waals surface area contributed by atoms with Crippen molar-refractivity contribution in [2.75, 3.05) is 19.8 Å². The highest BCUT2D eigenvalue weighted by molar-refractivity contribution is 5.82. The number of hydrogen-bond donors (Lipinski definition) is 1. The molecule has 2 aliphatic rings. The van der Waals surface area contributed by atoms with Gasteiger partial charge in [0.1, 0.15) is 0 Å². The van der Waals surface area contributed by atoms with Gasteiger partial charge in [-0.1, -0.05) is 26.0 Å². The van der Waals surface area contributed by atoms with Crippen LogP contribution in [0, 0.1) is 11.3 Å². The van der Waals surface area contributed by atoms with Gasteiger partial charge in [-0.2, -0.15) is 0 Å². The molecule has 1 N–H and O–H groups in total. The lowest BCUT2D eigenvalue weighted by molar-refractivity contribution is -0.122. The molecule has 2 atom stereocenters. The van der Waals surface area contributed by atoms with E-state index < -0.39 is 0 Å². The van der Waals surface area contributed by atoms with Crippen molar-refractivity contribution in [3.63, 3.8) is 0 Å². The van der Waals surface area contributed by atoms with Crippen LogP contribution in [0.1, 0.15) is 33.6 Å². The maximum atomic E-state index is 11.6. The number of amides is 1. The molecule has 1 saturated carbocycles. The molecule has 0 radical (unpaired) electrons. The van der Waals surface area contributed by atoms with Gasteiger partial charge in [0, 0.05) is 24.5 Å². The first-order valence-electron chi connectivity index (χ1n) is 6.25. The standard InChI is InChI=1S/C11H17NO2.C2H6/c1-2-3-5-12-10(13)9-7-11(9)4-6-14-8-11;1-2/h2-3,9H,4-8H2,1H3,(H,12,13);1-2H3/b3-2+;. The topological polar surface area (TPSA) is 38.3 Å². The zero-order valence-electron chi connectivity index (χ0n) is 10.6. The van der Waals surface area contributed by atoms with Crippen LogP contribution < -0.4 is 5.32 Å². The van der Waals surface area contributed by atoms with E-state index in [1.54, 1.807) is 0 Å². The fourth-order valence-electron chi connectivity index (χ4n) is 2.18. The van der Waals surface area contributed by atoms with Crippen molar-refractivity contribution in [3.8, 4) is 0 Å². The van der Waals surface area contributed by atoms with Gasteiger partial charge < -0.3 is 10.1 Å². The maximum absolute atomic E-state index is 11.6. The van der Waals surface area contributed by atoms with Crippen LogP contribution in [0.4, 0.5) is 0 Å². The fourth-order valence-corrected chi connectivity index (χ4v) is 2.18. The minimum Gasteiger partial charge on any atom is -0.381 e. The van der Waals surface area contributed by atoms with Crippen molar-refractivity contribution < 1.29 is 9.53 Å². The van der Waals surface area contributed by atoms with E-state index in [1.165, 1.54) is 0 Å². The summed E-state index contributed by atoms with van der Waals surface area (Å²) in [4.78, 5) is 11.6. The van der Waals surface area contributed by atoms with Crippen LogP contribution in [0.5, 0.6) is 0 Å². The molecule has 1 heterocycles. The van der Waals surface area contributed by atoms with Crippen LogP contribution in [-0.4, -0.2) is 25.7 Å². The number of carbonyl (C=O) groups excluding carboxylic acids is 1. The zero-order valence-corrected chi connectivity index (χ0v) is 10.6. The van der Waals surface area contributed by atoms with E-state index >= 15 is 0 Å². The quantitative estimate of drug-likeness (QED) is 0.747. The van der Waals surface area contributed by atoms with Gasteiger partial charge in [0.15, 0.2) is 0 Å². The lowest BCUT2D eigenvalue weighted by Gasteiger charge is -2.05. The number of rotatable bonds is 3. The first-order valence-corrected chi connectivity index (χ1v) is 6.25. The predicted molar refractivity (Wildman–Crippen MR) is 65.1 cm³/mol. The molecular formula is C13H23NO2. The summed E-state index contributed by atoms with van der Waals surface area (Å²) in [5.74, 6) is 0.420. The van der Waals surface area contributed by atoms with Crippen LogP contribution in [0.25, 0.3) is 0 Å². The molecule has 92 valence electrons. The van der Waals surface area contributed by atoms with E-state index in [0.717, 1.165) is 26.1 Å². The molecule has 2 fully saturated rings. The normalized spacial score (nSPS) is 31.3. The second kappa shape index (κ2) is 6.04. The SMILES string of the molecule is C/C=C/CNC(=O)C1CC12CCOC2.CC. The van der Waals surface area contributed by atoms with Gasteiger partial charge in [0.25, 0.3) is 0 Å². The molecule has 3 nitrogen and oxygen atoms in total. The van der Waals surface area contributed by atoms with Gasteiger partial charge in [-0.15, -0.1) is 0 Å². The van der Waals surface area contributed by atoms with Crippen molar-refractivity contribution in [2.24, 2.45) is 11.3 Å². The van der Waals surface area contributed by atoms with Crippen LogP contribution >= 0.6 is 0 Å². The number of allylic oxidation sites excluding steroid dienone is 1. The molecule has 3 heteroatoms. The van der Waals surface area contributed by atoms with Gasteiger partial charge >= 0.3 is 0 Å². The van der Waals surface area contributed by atoms with E-state index in [4.69, 9.17) is 4.74 Å². The third-order valence-electron chi connectivity index (χ3n) is 3.27. The Kier molecular flexibility index (Phi) is 5.00. The van der Waals surface area contributed by atoms with Gasteiger partial charge in [-0.25, -0.2) is 0 Å². The van der Waals surface area contributed by atoms with E-state index in [9.17, 15) is 4.79 Å². The summed E-state index contributed by atoms with van der Waals surface area (Å²) in [6, 6.07) is 0. The molecule has 1 aliphatic heterocycles. The van der Waals surface area contributed by atoms with Gasteiger partial charge in [-0.3, -0.25) is 4.79 Å². The summed E-state index contributed by atoms with van der Waals surface area (Å²) < 4.78 is 5.33. The third-order valence-corrected chi connectivity index (χ3v) is 3.27. The largest absolute Gasteiger partial charge is 0.381 e. The summed E-state index contributed by atoms with van der Waals surface area (Å²) in [6.07, 6.45) is 5.99. The first kappa shape index (κ1) is 13.2. The molecule has 0 bridgehead atoms. The number of nitrogens with one attached hydrogen (secondary N) is 1. The average molecular weight is 225 g/mol. The van der Waals surface area contributed by atoms with Gasteiger partial charge in [0.05, 0.1) is 6.61 Å². The molecule has 1 aliphatic carbocycles. The summed E-state index contributed by atoms with van der Waals surface area (Å²) in [7, 11) is 0.